The Morgan fingerprint density at radius 2 is 1.59 bits per heavy atom. The van der Waals surface area contributed by atoms with Gasteiger partial charge in [0.25, 0.3) is 0 Å². The summed E-state index contributed by atoms with van der Waals surface area (Å²) in [5, 5.41) is 2.59. The average molecular weight is 526 g/mol. The molecule has 3 aromatic carbocycles. The lowest BCUT2D eigenvalue weighted by atomic mass is 10.0. The maximum Gasteiger partial charge on any atom is 0.244 e. The molecular weight excluding hydrogens is 493 g/mol. The Morgan fingerprint density at radius 3 is 2.22 bits per heavy atom. The van der Waals surface area contributed by atoms with Crippen LogP contribution in [0.15, 0.2) is 72.8 Å². The SMILES string of the molecule is CNC(=O)[C@H](Cc1ccccc1)N(Cc1ccccc1F)C(=O)CN(c1cccc(C)c1C)S(C)(=O)=O. The summed E-state index contributed by atoms with van der Waals surface area (Å²) in [5.41, 5.74) is 2.98. The molecule has 1 N–H and O–H groups in total. The molecule has 0 aliphatic heterocycles. The number of rotatable bonds is 10. The van der Waals surface area contributed by atoms with E-state index in [1.807, 2.05) is 43.3 Å². The molecule has 0 aromatic heterocycles. The fourth-order valence-electron chi connectivity index (χ4n) is 4.13. The van der Waals surface area contributed by atoms with E-state index in [0.29, 0.717) is 11.3 Å². The molecule has 3 rings (SSSR count). The number of likely N-dealkylation sites (N-methyl/N-ethyl adjacent to an activating group) is 1. The summed E-state index contributed by atoms with van der Waals surface area (Å²) in [6.07, 6.45) is 1.20. The first-order valence-electron chi connectivity index (χ1n) is 11.8. The van der Waals surface area contributed by atoms with Gasteiger partial charge in [0.1, 0.15) is 18.4 Å². The van der Waals surface area contributed by atoms with Gasteiger partial charge in [-0.3, -0.25) is 13.9 Å². The van der Waals surface area contributed by atoms with Crippen molar-refractivity contribution < 1.29 is 22.4 Å². The molecule has 0 fully saturated rings. The Hall–Kier alpha value is -3.72. The Kier molecular flexibility index (Phi) is 9.04. The summed E-state index contributed by atoms with van der Waals surface area (Å²) in [6.45, 7) is 2.89. The Balaban J connectivity index is 2.07. The van der Waals surface area contributed by atoms with Crippen LogP contribution in [-0.4, -0.2) is 51.0 Å². The minimum atomic E-state index is -3.87. The van der Waals surface area contributed by atoms with E-state index in [1.54, 1.807) is 25.1 Å². The van der Waals surface area contributed by atoms with E-state index in [0.717, 1.165) is 21.7 Å². The van der Waals surface area contributed by atoms with Crippen LogP contribution in [0.5, 0.6) is 0 Å². The molecule has 9 heteroatoms. The Bertz CT molecular complexity index is 1360. The van der Waals surface area contributed by atoms with Crippen molar-refractivity contribution in [3.63, 3.8) is 0 Å². The van der Waals surface area contributed by atoms with Crippen LogP contribution in [0.3, 0.4) is 0 Å². The molecule has 0 radical (unpaired) electrons. The third-order valence-corrected chi connectivity index (χ3v) is 7.47. The fraction of sp³-hybridized carbons (Fsp3) is 0.286. The monoisotopic (exact) mass is 525 g/mol. The molecule has 37 heavy (non-hydrogen) atoms. The number of amides is 2. The normalized spacial score (nSPS) is 12.0. The second-order valence-electron chi connectivity index (χ2n) is 8.92. The van der Waals surface area contributed by atoms with Crippen molar-refractivity contribution in [2.24, 2.45) is 0 Å². The minimum Gasteiger partial charge on any atom is -0.357 e. The number of sulfonamides is 1. The van der Waals surface area contributed by atoms with E-state index in [2.05, 4.69) is 5.32 Å². The molecule has 0 saturated heterocycles. The lowest BCUT2D eigenvalue weighted by Crippen LogP contribution is -2.53. The largest absolute Gasteiger partial charge is 0.357 e. The van der Waals surface area contributed by atoms with Gasteiger partial charge in [0.2, 0.25) is 21.8 Å². The lowest BCUT2D eigenvalue weighted by molar-refractivity contribution is -0.139. The van der Waals surface area contributed by atoms with Crippen molar-refractivity contribution in [3.8, 4) is 0 Å². The van der Waals surface area contributed by atoms with Crippen LogP contribution in [0.2, 0.25) is 0 Å². The molecule has 3 aromatic rings. The van der Waals surface area contributed by atoms with Crippen molar-refractivity contribution in [1.29, 1.82) is 0 Å². The molecule has 196 valence electrons. The third kappa shape index (κ3) is 6.95. The predicted molar refractivity (Wildman–Crippen MR) is 143 cm³/mol. The van der Waals surface area contributed by atoms with Crippen molar-refractivity contribution >= 4 is 27.5 Å². The van der Waals surface area contributed by atoms with E-state index in [-0.39, 0.29) is 18.5 Å². The maximum atomic E-state index is 14.7. The molecule has 0 aliphatic carbocycles. The standard InChI is InChI=1S/C28H32FN3O4S/c1-20-11-10-16-25(21(20)2)32(37(4,35)36)19-27(33)31(18-23-14-8-9-15-24(23)29)26(28(34)30-3)17-22-12-6-5-7-13-22/h5-16,26H,17-19H2,1-4H3,(H,30,34)/t26-/m0/s1. The minimum absolute atomic E-state index is 0.170. The molecule has 0 bridgehead atoms. The molecule has 0 unspecified atom stereocenters. The van der Waals surface area contributed by atoms with Crippen LogP contribution in [-0.2, 0) is 32.6 Å². The van der Waals surface area contributed by atoms with Gasteiger partial charge in [0, 0.05) is 25.6 Å². The Morgan fingerprint density at radius 1 is 0.946 bits per heavy atom. The summed E-state index contributed by atoms with van der Waals surface area (Å²) >= 11 is 0. The van der Waals surface area contributed by atoms with Gasteiger partial charge in [-0.15, -0.1) is 0 Å². The van der Waals surface area contributed by atoms with E-state index < -0.39 is 40.2 Å². The van der Waals surface area contributed by atoms with Gasteiger partial charge >= 0.3 is 0 Å². The molecule has 1 atom stereocenters. The quantitative estimate of drug-likeness (QED) is 0.438. The number of halogens is 1. The summed E-state index contributed by atoms with van der Waals surface area (Å²) in [7, 11) is -2.40. The molecule has 0 spiro atoms. The zero-order valence-corrected chi connectivity index (χ0v) is 22.3. The van der Waals surface area contributed by atoms with Crippen molar-refractivity contribution in [2.45, 2.75) is 32.9 Å². The molecular formula is C28H32FN3O4S. The van der Waals surface area contributed by atoms with E-state index in [9.17, 15) is 22.4 Å². The predicted octanol–water partition coefficient (Wildman–Crippen LogP) is 3.59. The van der Waals surface area contributed by atoms with Crippen molar-refractivity contribution in [2.75, 3.05) is 24.2 Å². The van der Waals surface area contributed by atoms with Gasteiger partial charge in [0.15, 0.2) is 0 Å². The first kappa shape index (κ1) is 27.9. The van der Waals surface area contributed by atoms with Gasteiger partial charge in [-0.1, -0.05) is 60.7 Å². The number of carbonyl (C=O) groups is 2. The average Bonchev–Trinajstić information content (AvgIpc) is 2.87. The number of benzene rings is 3. The zero-order valence-electron chi connectivity index (χ0n) is 21.4. The van der Waals surface area contributed by atoms with Crippen LogP contribution in [0.25, 0.3) is 0 Å². The first-order valence-corrected chi connectivity index (χ1v) is 13.7. The van der Waals surface area contributed by atoms with Crippen molar-refractivity contribution in [1.82, 2.24) is 10.2 Å². The topological polar surface area (TPSA) is 86.8 Å². The van der Waals surface area contributed by atoms with Crippen LogP contribution < -0.4 is 9.62 Å². The fourth-order valence-corrected chi connectivity index (χ4v) is 5.03. The number of hydrogen-bond donors (Lipinski definition) is 1. The highest BCUT2D eigenvalue weighted by atomic mass is 32.2. The zero-order chi connectivity index (χ0) is 27.2. The number of nitrogens with zero attached hydrogens (tertiary/aromatic N) is 2. The van der Waals surface area contributed by atoms with Crippen LogP contribution in [0.1, 0.15) is 22.3 Å². The molecule has 0 aliphatic rings. The summed E-state index contributed by atoms with van der Waals surface area (Å²) < 4.78 is 41.4. The maximum absolute atomic E-state index is 14.7. The van der Waals surface area contributed by atoms with E-state index in [4.69, 9.17) is 0 Å². The van der Waals surface area contributed by atoms with Gasteiger partial charge in [-0.25, -0.2) is 12.8 Å². The van der Waals surface area contributed by atoms with Gasteiger partial charge in [0.05, 0.1) is 11.9 Å². The Labute approximate surface area is 218 Å². The lowest BCUT2D eigenvalue weighted by Gasteiger charge is -2.33. The molecule has 0 saturated carbocycles. The van der Waals surface area contributed by atoms with E-state index >= 15 is 0 Å². The summed E-state index contributed by atoms with van der Waals surface area (Å²) in [4.78, 5) is 28.2. The number of aryl methyl sites for hydroxylation is 1. The second kappa shape index (κ2) is 12.0. The van der Waals surface area contributed by atoms with E-state index in [1.165, 1.54) is 30.1 Å². The highest BCUT2D eigenvalue weighted by molar-refractivity contribution is 7.92. The summed E-state index contributed by atoms with van der Waals surface area (Å²) in [6, 6.07) is 19.4. The second-order valence-corrected chi connectivity index (χ2v) is 10.8. The molecule has 0 heterocycles. The van der Waals surface area contributed by atoms with Gasteiger partial charge in [-0.2, -0.15) is 0 Å². The highest BCUT2D eigenvalue weighted by Gasteiger charge is 2.33. The number of hydrogen-bond acceptors (Lipinski definition) is 4. The summed E-state index contributed by atoms with van der Waals surface area (Å²) in [5.74, 6) is -1.59. The van der Waals surface area contributed by atoms with Crippen LogP contribution in [0.4, 0.5) is 10.1 Å². The number of anilines is 1. The first-order chi connectivity index (χ1) is 17.5. The highest BCUT2D eigenvalue weighted by Crippen LogP contribution is 2.26. The van der Waals surface area contributed by atoms with Crippen LogP contribution in [0, 0.1) is 19.7 Å². The third-order valence-electron chi connectivity index (χ3n) is 6.34. The molecule has 2 amide bonds. The van der Waals surface area contributed by atoms with Gasteiger partial charge in [-0.05, 0) is 42.7 Å². The number of carbonyl (C=O) groups excluding carboxylic acids is 2. The van der Waals surface area contributed by atoms with Gasteiger partial charge < -0.3 is 10.2 Å². The smallest absolute Gasteiger partial charge is 0.244 e. The van der Waals surface area contributed by atoms with Crippen molar-refractivity contribution in [3.05, 3.63) is 101 Å². The number of nitrogens with one attached hydrogen (secondary N) is 1. The molecule has 7 nitrogen and oxygen atoms in total. The van der Waals surface area contributed by atoms with Crippen LogP contribution >= 0.6 is 0 Å².